The number of hydrogen-bond acceptors (Lipinski definition) is 6. The number of hydrogen-bond donors (Lipinski definition) is 3. The van der Waals surface area contributed by atoms with Crippen LogP contribution in [0.15, 0.2) is 36.1 Å². The molecule has 1 aliphatic heterocycles. The molecule has 11 heteroatoms. The van der Waals surface area contributed by atoms with Crippen LogP contribution in [0.3, 0.4) is 0 Å². The number of allylic oxidation sites excluding steroid dienone is 3. The molecule has 1 aliphatic carbocycles. The lowest BCUT2D eigenvalue weighted by atomic mass is 9.97. The Morgan fingerprint density at radius 1 is 1.31 bits per heavy atom. The molecule has 2 atom stereocenters. The maximum atomic E-state index is 15.2. The quantitative estimate of drug-likeness (QED) is 0.550. The molecule has 5 N–H and O–H groups in total. The van der Waals surface area contributed by atoms with E-state index >= 15 is 4.39 Å². The van der Waals surface area contributed by atoms with E-state index in [-0.39, 0.29) is 46.7 Å². The van der Waals surface area contributed by atoms with Crippen LogP contribution in [0.1, 0.15) is 41.2 Å². The lowest BCUT2D eigenvalue weighted by molar-refractivity contribution is -0.125. The molecule has 0 bridgehead atoms. The first-order valence-electron chi connectivity index (χ1n) is 11.2. The Labute approximate surface area is 200 Å². The summed E-state index contributed by atoms with van der Waals surface area (Å²) in [6.45, 7) is 0.694. The SMILES string of the molecule is COC1=CC=CCC1C(=O)NCc1cc(F)c(-c2nn(C3CCCOC3)c(N)c2C(N)=O)cc1F. The molecule has 4 rings (SSSR count). The number of methoxy groups -OCH3 is 1. The average Bonchev–Trinajstić information content (AvgIpc) is 3.21. The van der Waals surface area contributed by atoms with Crippen molar-refractivity contribution in [1.29, 1.82) is 0 Å². The molecule has 2 aromatic rings. The molecule has 0 saturated carbocycles. The van der Waals surface area contributed by atoms with Crippen molar-refractivity contribution in [2.45, 2.75) is 31.8 Å². The molecular weight excluding hydrogens is 460 g/mol. The fraction of sp³-hybridized carbons (Fsp3) is 0.375. The summed E-state index contributed by atoms with van der Waals surface area (Å²) in [5.74, 6) is -2.97. The summed E-state index contributed by atoms with van der Waals surface area (Å²) < 4.78 is 42.2. The Kier molecular flexibility index (Phi) is 7.15. The average molecular weight is 488 g/mol. The van der Waals surface area contributed by atoms with Gasteiger partial charge in [0.15, 0.2) is 0 Å². The number of benzene rings is 1. The zero-order valence-corrected chi connectivity index (χ0v) is 19.2. The van der Waals surface area contributed by atoms with E-state index < -0.39 is 23.5 Å². The van der Waals surface area contributed by atoms with Crippen molar-refractivity contribution in [1.82, 2.24) is 15.1 Å². The van der Waals surface area contributed by atoms with E-state index in [4.69, 9.17) is 20.9 Å². The topological polar surface area (TPSA) is 134 Å². The van der Waals surface area contributed by atoms with E-state index in [9.17, 15) is 14.0 Å². The molecule has 35 heavy (non-hydrogen) atoms. The van der Waals surface area contributed by atoms with Crippen molar-refractivity contribution in [2.24, 2.45) is 11.7 Å². The molecule has 9 nitrogen and oxygen atoms in total. The fourth-order valence-electron chi connectivity index (χ4n) is 4.34. The van der Waals surface area contributed by atoms with Gasteiger partial charge < -0.3 is 26.3 Å². The molecule has 2 aliphatic rings. The highest BCUT2D eigenvalue weighted by molar-refractivity contribution is 6.03. The number of aromatic nitrogens is 2. The highest BCUT2D eigenvalue weighted by Crippen LogP contribution is 2.34. The minimum atomic E-state index is -0.903. The van der Waals surface area contributed by atoms with Crippen LogP contribution in [-0.4, -0.2) is 41.9 Å². The summed E-state index contributed by atoms with van der Waals surface area (Å²) in [5, 5.41) is 6.94. The predicted molar refractivity (Wildman–Crippen MR) is 124 cm³/mol. The highest BCUT2D eigenvalue weighted by atomic mass is 19.1. The van der Waals surface area contributed by atoms with E-state index in [1.165, 1.54) is 11.8 Å². The standard InChI is InChI=1S/C24H27F2N5O4/c1-34-19-7-3-2-6-15(19)24(33)29-11-13-9-18(26)16(10-17(13)25)21-20(23(28)32)22(27)31(30-21)14-5-4-8-35-12-14/h2-3,7,9-10,14-15H,4-6,8,11-12,27H2,1H3,(H2,28,32)(H,29,33). The van der Waals surface area contributed by atoms with Gasteiger partial charge in [-0.25, -0.2) is 13.5 Å². The number of halogens is 2. The normalized spacial score (nSPS) is 19.8. The molecule has 2 unspecified atom stereocenters. The van der Waals surface area contributed by atoms with Crippen molar-refractivity contribution >= 4 is 17.6 Å². The van der Waals surface area contributed by atoms with Crippen LogP contribution in [0.4, 0.5) is 14.6 Å². The van der Waals surface area contributed by atoms with Crippen molar-refractivity contribution < 1.29 is 27.8 Å². The monoisotopic (exact) mass is 487 g/mol. The van der Waals surface area contributed by atoms with Crippen LogP contribution >= 0.6 is 0 Å². The van der Waals surface area contributed by atoms with Crippen molar-refractivity contribution in [3.05, 3.63) is 58.9 Å². The maximum absolute atomic E-state index is 15.2. The second kappa shape index (κ2) is 10.3. The minimum Gasteiger partial charge on any atom is -0.500 e. The number of nitrogens with two attached hydrogens (primary N) is 2. The lowest BCUT2D eigenvalue weighted by Crippen LogP contribution is -2.32. The van der Waals surface area contributed by atoms with Crippen LogP contribution in [-0.2, 0) is 20.8 Å². The Morgan fingerprint density at radius 2 is 2.11 bits per heavy atom. The number of anilines is 1. The Hall–Kier alpha value is -3.73. The third kappa shape index (κ3) is 4.90. The number of carbonyl (C=O) groups is 2. The number of primary amides is 1. The van der Waals surface area contributed by atoms with Crippen LogP contribution in [0.5, 0.6) is 0 Å². The van der Waals surface area contributed by atoms with E-state index in [0.717, 1.165) is 18.6 Å². The number of nitrogen functional groups attached to an aromatic ring is 1. The fourth-order valence-corrected chi connectivity index (χ4v) is 4.34. The highest BCUT2D eigenvalue weighted by Gasteiger charge is 2.29. The van der Waals surface area contributed by atoms with E-state index in [0.29, 0.717) is 31.8 Å². The minimum absolute atomic E-state index is 0.0253. The first-order chi connectivity index (χ1) is 16.8. The third-order valence-corrected chi connectivity index (χ3v) is 6.18. The largest absolute Gasteiger partial charge is 0.500 e. The van der Waals surface area contributed by atoms with Gasteiger partial charge in [-0.3, -0.25) is 9.59 Å². The summed E-state index contributed by atoms with van der Waals surface area (Å²) >= 11 is 0. The maximum Gasteiger partial charge on any atom is 0.254 e. The first-order valence-corrected chi connectivity index (χ1v) is 11.2. The van der Waals surface area contributed by atoms with Gasteiger partial charge in [0.2, 0.25) is 5.91 Å². The van der Waals surface area contributed by atoms with Crippen LogP contribution < -0.4 is 16.8 Å². The number of rotatable bonds is 7. The molecule has 1 aromatic carbocycles. The van der Waals surface area contributed by atoms with Crippen molar-refractivity contribution in [3.63, 3.8) is 0 Å². The van der Waals surface area contributed by atoms with E-state index in [1.807, 2.05) is 6.08 Å². The zero-order valence-electron chi connectivity index (χ0n) is 19.2. The summed E-state index contributed by atoms with van der Waals surface area (Å²) in [6, 6.07) is 1.64. The van der Waals surface area contributed by atoms with Crippen molar-refractivity contribution in [2.75, 3.05) is 26.1 Å². The Morgan fingerprint density at radius 3 is 2.80 bits per heavy atom. The van der Waals surface area contributed by atoms with Crippen LogP contribution in [0, 0.1) is 17.6 Å². The summed E-state index contributed by atoms with van der Waals surface area (Å²) in [5.41, 5.74) is 11.0. The molecule has 186 valence electrons. The molecule has 1 saturated heterocycles. The first kappa shape index (κ1) is 24.4. The number of nitrogens with one attached hydrogen (secondary N) is 1. The van der Waals surface area contributed by atoms with E-state index in [1.54, 1.807) is 12.2 Å². The molecule has 0 radical (unpaired) electrons. The molecule has 1 fully saturated rings. The van der Waals surface area contributed by atoms with Gasteiger partial charge in [-0.1, -0.05) is 12.2 Å². The van der Waals surface area contributed by atoms with Gasteiger partial charge in [0.1, 0.15) is 34.5 Å². The summed E-state index contributed by atoms with van der Waals surface area (Å²) in [4.78, 5) is 24.7. The second-order valence-corrected chi connectivity index (χ2v) is 8.42. The van der Waals surface area contributed by atoms with Crippen LogP contribution in [0.25, 0.3) is 11.3 Å². The zero-order chi connectivity index (χ0) is 25.1. The molecule has 2 amide bonds. The number of amides is 2. The Balaban J connectivity index is 1.59. The summed E-state index contributed by atoms with van der Waals surface area (Å²) in [7, 11) is 1.47. The molecule has 0 spiro atoms. The lowest BCUT2D eigenvalue weighted by Gasteiger charge is -2.23. The van der Waals surface area contributed by atoms with E-state index in [2.05, 4.69) is 10.4 Å². The van der Waals surface area contributed by atoms with Gasteiger partial charge in [-0.2, -0.15) is 5.10 Å². The molecular formula is C24H27F2N5O4. The van der Waals surface area contributed by atoms with Gasteiger partial charge in [0.05, 0.1) is 25.7 Å². The molecule has 2 heterocycles. The third-order valence-electron chi connectivity index (χ3n) is 6.18. The van der Waals surface area contributed by atoms with Gasteiger partial charge >= 0.3 is 0 Å². The predicted octanol–water partition coefficient (Wildman–Crippen LogP) is 2.58. The Bertz CT molecular complexity index is 1200. The smallest absolute Gasteiger partial charge is 0.254 e. The van der Waals surface area contributed by atoms with Gasteiger partial charge in [-0.05, 0) is 37.5 Å². The number of nitrogens with zero attached hydrogens (tertiary/aromatic N) is 2. The van der Waals surface area contributed by atoms with Gasteiger partial charge in [-0.15, -0.1) is 0 Å². The van der Waals surface area contributed by atoms with Gasteiger partial charge in [0.25, 0.3) is 5.91 Å². The van der Waals surface area contributed by atoms with Crippen LogP contribution in [0.2, 0.25) is 0 Å². The number of ether oxygens (including phenoxy) is 2. The van der Waals surface area contributed by atoms with Crippen molar-refractivity contribution in [3.8, 4) is 11.3 Å². The summed E-state index contributed by atoms with van der Waals surface area (Å²) in [6.07, 6.45) is 7.20. The van der Waals surface area contributed by atoms with Gasteiger partial charge in [0, 0.05) is 24.3 Å². The second-order valence-electron chi connectivity index (χ2n) is 8.42. The number of carbonyl (C=O) groups excluding carboxylic acids is 2. The molecule has 1 aromatic heterocycles.